The van der Waals surface area contributed by atoms with Gasteiger partial charge in [0.15, 0.2) is 0 Å². The summed E-state index contributed by atoms with van der Waals surface area (Å²) in [6.45, 7) is 2.86. The quantitative estimate of drug-likeness (QED) is 0.674. The molecule has 1 fully saturated rings. The molecule has 0 radical (unpaired) electrons. The van der Waals surface area contributed by atoms with Crippen LogP contribution >= 0.6 is 0 Å². The van der Waals surface area contributed by atoms with Crippen molar-refractivity contribution < 1.29 is 5.11 Å². The average Bonchev–Trinajstić information content (AvgIpc) is 2.61. The summed E-state index contributed by atoms with van der Waals surface area (Å²) in [5.41, 5.74) is 0.265. The second kappa shape index (κ2) is 2.86. The molecule has 0 bridgehead atoms. The van der Waals surface area contributed by atoms with E-state index >= 15 is 0 Å². The summed E-state index contributed by atoms with van der Waals surface area (Å²) in [5.74, 6) is 0. The molecule has 0 amide bonds. The van der Waals surface area contributed by atoms with Crippen LogP contribution in [-0.4, -0.2) is 34.6 Å². The Morgan fingerprint density at radius 1 is 1.69 bits per heavy atom. The standard InChI is InChI=1S/C10H16N2O/c1-8-6-10(13,7-12(8)2)9-4-3-5-11-9/h3-5,8,11,13H,6-7H2,1-2H3. The summed E-state index contributed by atoms with van der Waals surface area (Å²) >= 11 is 0. The molecule has 0 aromatic carbocycles. The van der Waals surface area contributed by atoms with Crippen molar-refractivity contribution in [2.24, 2.45) is 0 Å². The molecule has 0 spiro atoms. The maximum atomic E-state index is 10.3. The number of rotatable bonds is 1. The van der Waals surface area contributed by atoms with Crippen molar-refractivity contribution in [2.45, 2.75) is 25.0 Å². The van der Waals surface area contributed by atoms with E-state index in [1.165, 1.54) is 0 Å². The van der Waals surface area contributed by atoms with Crippen LogP contribution in [0.15, 0.2) is 18.3 Å². The van der Waals surface area contributed by atoms with E-state index in [9.17, 15) is 5.11 Å². The van der Waals surface area contributed by atoms with Crippen LogP contribution in [0.4, 0.5) is 0 Å². The van der Waals surface area contributed by atoms with Crippen LogP contribution in [0.2, 0.25) is 0 Å². The fraction of sp³-hybridized carbons (Fsp3) is 0.600. The van der Waals surface area contributed by atoms with Gasteiger partial charge in [-0.2, -0.15) is 0 Å². The van der Waals surface area contributed by atoms with E-state index in [1.807, 2.05) is 25.4 Å². The van der Waals surface area contributed by atoms with Crippen molar-refractivity contribution in [1.82, 2.24) is 9.88 Å². The first-order valence-corrected chi connectivity index (χ1v) is 4.68. The molecule has 1 aromatic heterocycles. The molecule has 72 valence electrons. The molecular formula is C10H16N2O. The van der Waals surface area contributed by atoms with Gasteiger partial charge in [-0.15, -0.1) is 0 Å². The molecule has 13 heavy (non-hydrogen) atoms. The second-order valence-electron chi connectivity index (χ2n) is 4.08. The van der Waals surface area contributed by atoms with Crippen molar-refractivity contribution in [3.05, 3.63) is 24.0 Å². The molecule has 3 heteroatoms. The minimum Gasteiger partial charge on any atom is -0.382 e. The molecule has 1 saturated heterocycles. The van der Waals surface area contributed by atoms with Crippen LogP contribution in [0.25, 0.3) is 0 Å². The highest BCUT2D eigenvalue weighted by atomic mass is 16.3. The van der Waals surface area contributed by atoms with E-state index in [1.54, 1.807) is 0 Å². The highest BCUT2D eigenvalue weighted by Gasteiger charge is 2.40. The zero-order valence-electron chi connectivity index (χ0n) is 8.12. The largest absolute Gasteiger partial charge is 0.382 e. The third-order valence-corrected chi connectivity index (χ3v) is 3.00. The summed E-state index contributed by atoms with van der Waals surface area (Å²) in [5, 5.41) is 10.3. The number of H-pyrrole nitrogens is 1. The molecule has 1 aliphatic rings. The number of likely N-dealkylation sites (N-methyl/N-ethyl adjacent to an activating group) is 1. The first-order valence-electron chi connectivity index (χ1n) is 4.68. The first kappa shape index (κ1) is 8.78. The van der Waals surface area contributed by atoms with E-state index in [0.29, 0.717) is 12.6 Å². The third-order valence-electron chi connectivity index (χ3n) is 3.00. The molecule has 0 aliphatic carbocycles. The smallest absolute Gasteiger partial charge is 0.118 e. The van der Waals surface area contributed by atoms with Gasteiger partial charge in [0, 0.05) is 24.5 Å². The lowest BCUT2D eigenvalue weighted by Gasteiger charge is -2.20. The van der Waals surface area contributed by atoms with Gasteiger partial charge >= 0.3 is 0 Å². The number of aromatic amines is 1. The molecule has 2 N–H and O–H groups in total. The number of nitrogens with zero attached hydrogens (tertiary/aromatic N) is 1. The van der Waals surface area contributed by atoms with Gasteiger partial charge in [-0.1, -0.05) is 0 Å². The SMILES string of the molecule is CC1CC(O)(c2ccc[nH]2)CN1C. The molecule has 1 aromatic rings. The Balaban J connectivity index is 2.24. The predicted molar refractivity (Wildman–Crippen MR) is 51.4 cm³/mol. The van der Waals surface area contributed by atoms with Crippen molar-refractivity contribution in [1.29, 1.82) is 0 Å². The molecule has 1 aliphatic heterocycles. The van der Waals surface area contributed by atoms with Crippen LogP contribution in [0.1, 0.15) is 19.0 Å². The summed E-state index contributed by atoms with van der Waals surface area (Å²) in [6.07, 6.45) is 2.67. The van der Waals surface area contributed by atoms with Gasteiger partial charge in [-0.05, 0) is 32.5 Å². The van der Waals surface area contributed by atoms with Crippen molar-refractivity contribution >= 4 is 0 Å². The summed E-state index contributed by atoms with van der Waals surface area (Å²) in [6, 6.07) is 4.33. The first-order chi connectivity index (χ1) is 6.12. The predicted octanol–water partition coefficient (Wildman–Crippen LogP) is 0.926. The van der Waals surface area contributed by atoms with E-state index in [2.05, 4.69) is 16.8 Å². The summed E-state index contributed by atoms with van der Waals surface area (Å²) < 4.78 is 0. The maximum Gasteiger partial charge on any atom is 0.118 e. The zero-order chi connectivity index (χ0) is 9.47. The van der Waals surface area contributed by atoms with E-state index in [4.69, 9.17) is 0 Å². The van der Waals surface area contributed by atoms with Crippen LogP contribution in [0.3, 0.4) is 0 Å². The van der Waals surface area contributed by atoms with E-state index in [-0.39, 0.29) is 0 Å². The monoisotopic (exact) mass is 180 g/mol. The molecular weight excluding hydrogens is 164 g/mol. The van der Waals surface area contributed by atoms with E-state index < -0.39 is 5.60 Å². The number of hydrogen-bond donors (Lipinski definition) is 2. The Bertz CT molecular complexity index is 271. The van der Waals surface area contributed by atoms with Crippen molar-refractivity contribution in [3.63, 3.8) is 0 Å². The highest BCUT2D eigenvalue weighted by Crippen LogP contribution is 2.33. The minimum atomic E-state index is -0.669. The van der Waals surface area contributed by atoms with Gasteiger partial charge in [0.2, 0.25) is 0 Å². The van der Waals surface area contributed by atoms with Gasteiger partial charge in [0.1, 0.15) is 5.60 Å². The van der Waals surface area contributed by atoms with Gasteiger partial charge in [-0.3, -0.25) is 0 Å². The van der Waals surface area contributed by atoms with Gasteiger partial charge < -0.3 is 15.0 Å². The lowest BCUT2D eigenvalue weighted by Crippen LogP contribution is -2.29. The fourth-order valence-electron chi connectivity index (χ4n) is 2.09. The fourth-order valence-corrected chi connectivity index (χ4v) is 2.09. The second-order valence-corrected chi connectivity index (χ2v) is 4.08. The van der Waals surface area contributed by atoms with E-state index in [0.717, 1.165) is 12.1 Å². The lowest BCUT2D eigenvalue weighted by atomic mass is 9.97. The Kier molecular flexibility index (Phi) is 1.93. The molecule has 2 atom stereocenters. The van der Waals surface area contributed by atoms with Crippen LogP contribution in [-0.2, 0) is 5.60 Å². The Hall–Kier alpha value is -0.800. The minimum absolute atomic E-state index is 0.452. The number of hydrogen-bond acceptors (Lipinski definition) is 2. The number of aliphatic hydroxyl groups is 1. The van der Waals surface area contributed by atoms with Gasteiger partial charge in [0.25, 0.3) is 0 Å². The number of β-amino-alcohol motifs (C(OH)–C–C–N with tert-alkyl or cyclic N) is 1. The lowest BCUT2D eigenvalue weighted by molar-refractivity contribution is 0.0447. The average molecular weight is 180 g/mol. The summed E-state index contributed by atoms with van der Waals surface area (Å²) in [4.78, 5) is 5.27. The number of aromatic nitrogens is 1. The molecule has 2 unspecified atom stereocenters. The molecule has 3 nitrogen and oxygen atoms in total. The van der Waals surface area contributed by atoms with Gasteiger partial charge in [-0.25, -0.2) is 0 Å². The van der Waals surface area contributed by atoms with Crippen molar-refractivity contribution in [2.75, 3.05) is 13.6 Å². The highest BCUT2D eigenvalue weighted by molar-refractivity contribution is 5.17. The Morgan fingerprint density at radius 2 is 2.46 bits per heavy atom. The third kappa shape index (κ3) is 1.38. The summed E-state index contributed by atoms with van der Waals surface area (Å²) in [7, 11) is 2.05. The van der Waals surface area contributed by atoms with Crippen LogP contribution < -0.4 is 0 Å². The van der Waals surface area contributed by atoms with Crippen LogP contribution in [0, 0.1) is 0 Å². The van der Waals surface area contributed by atoms with Crippen LogP contribution in [0.5, 0.6) is 0 Å². The normalized spacial score (nSPS) is 35.5. The molecule has 2 heterocycles. The van der Waals surface area contributed by atoms with Crippen molar-refractivity contribution in [3.8, 4) is 0 Å². The number of likely N-dealkylation sites (tertiary alicyclic amines) is 1. The zero-order valence-corrected chi connectivity index (χ0v) is 8.12. The molecule has 0 saturated carbocycles. The maximum absolute atomic E-state index is 10.3. The van der Waals surface area contributed by atoms with Gasteiger partial charge in [0.05, 0.1) is 0 Å². The topological polar surface area (TPSA) is 39.3 Å². The number of nitrogens with one attached hydrogen (secondary N) is 1. The Morgan fingerprint density at radius 3 is 2.92 bits per heavy atom. The molecule has 2 rings (SSSR count). The Labute approximate surface area is 78.4 Å².